The third-order valence-corrected chi connectivity index (χ3v) is 11.0. The predicted molar refractivity (Wildman–Crippen MR) is 242 cm³/mol. The van der Waals surface area contributed by atoms with Gasteiger partial charge in [0.2, 0.25) is 0 Å². The van der Waals surface area contributed by atoms with Crippen LogP contribution in [0, 0.1) is 0 Å². The molecule has 0 bridgehead atoms. The Morgan fingerprint density at radius 3 is 1.33 bits per heavy atom. The van der Waals surface area contributed by atoms with Crippen LogP contribution in [0.1, 0.15) is 213 Å². The van der Waals surface area contributed by atoms with Gasteiger partial charge in [-0.05, 0) is 51.4 Å². The van der Waals surface area contributed by atoms with E-state index in [9.17, 15) is 28.9 Å². The van der Waals surface area contributed by atoms with Gasteiger partial charge in [0, 0.05) is 19.3 Å². The van der Waals surface area contributed by atoms with Gasteiger partial charge in [-0.15, -0.1) is 0 Å². The normalized spacial score (nSPS) is 13.9. The topological polar surface area (TPSA) is 155 Å². The maximum Gasteiger partial charge on any atom is 0.472 e. The lowest BCUT2D eigenvalue weighted by atomic mass is 10.1. The van der Waals surface area contributed by atoms with E-state index < -0.39 is 57.8 Å². The summed E-state index contributed by atoms with van der Waals surface area (Å²) in [4.78, 5) is 48.0. The first-order valence-corrected chi connectivity index (χ1v) is 25.4. The Balaban J connectivity index is 4.78. The zero-order chi connectivity index (χ0) is 44.2. The lowest BCUT2D eigenvalue weighted by molar-refractivity contribution is -0.161. The molecule has 0 aromatic rings. The number of phosphoric acid groups is 1. The number of carbonyl (C=O) groups is 3. The molecule has 60 heavy (non-hydrogen) atoms. The van der Waals surface area contributed by atoms with Crippen molar-refractivity contribution in [2.24, 2.45) is 0 Å². The van der Waals surface area contributed by atoms with Crippen LogP contribution in [0.15, 0.2) is 36.5 Å². The highest BCUT2D eigenvalue weighted by atomic mass is 31.2. The molecule has 350 valence electrons. The Morgan fingerprint density at radius 1 is 0.483 bits per heavy atom. The molecule has 3 unspecified atom stereocenters. The number of ether oxygens (including phenoxy) is 3. The molecule has 0 amide bonds. The van der Waals surface area contributed by atoms with Crippen molar-refractivity contribution in [1.29, 1.82) is 0 Å². The Kier molecular flexibility index (Phi) is 41.7. The van der Waals surface area contributed by atoms with Gasteiger partial charge in [-0.3, -0.25) is 23.4 Å². The monoisotopic (exact) mass is 871 g/mol. The first kappa shape index (κ1) is 57.7. The fourth-order valence-electron chi connectivity index (χ4n) is 6.43. The van der Waals surface area contributed by atoms with Crippen LogP contribution in [0.3, 0.4) is 0 Å². The standard InChI is InChI=1S/C48H87O11P/c1-4-7-10-13-16-19-21-22-24-26-28-31-34-37-46(50)55-41-45(59-48(52)39-36-33-30-27-23-20-17-14-11-8-5-2)43-57-60(53,54)56-42-44(40-49)58-47(51)38-35-32-29-25-18-15-12-9-6-3/h7,10,16,19,22,24,44-45,49H,4-6,8-9,11-15,17-18,20-21,23,25-43H2,1-3H3,(H,53,54)/b10-7-,19-16-,24-22-. The minimum Gasteiger partial charge on any atom is -0.462 e. The van der Waals surface area contributed by atoms with E-state index in [4.69, 9.17) is 23.3 Å². The molecule has 0 saturated heterocycles. The van der Waals surface area contributed by atoms with Gasteiger partial charge in [-0.2, -0.15) is 0 Å². The van der Waals surface area contributed by atoms with Crippen molar-refractivity contribution in [3.05, 3.63) is 36.5 Å². The van der Waals surface area contributed by atoms with Crippen molar-refractivity contribution in [3.63, 3.8) is 0 Å². The first-order valence-electron chi connectivity index (χ1n) is 23.9. The Hall–Kier alpha value is -2.30. The molecule has 0 aromatic carbocycles. The molecule has 0 spiro atoms. The lowest BCUT2D eigenvalue weighted by Crippen LogP contribution is -2.30. The van der Waals surface area contributed by atoms with Crippen molar-refractivity contribution >= 4 is 25.7 Å². The smallest absolute Gasteiger partial charge is 0.462 e. The Bertz CT molecular complexity index is 1160. The summed E-state index contributed by atoms with van der Waals surface area (Å²) >= 11 is 0. The summed E-state index contributed by atoms with van der Waals surface area (Å²) in [5.41, 5.74) is 0. The second-order valence-corrected chi connectivity index (χ2v) is 17.4. The van der Waals surface area contributed by atoms with Gasteiger partial charge in [-0.1, -0.05) is 179 Å². The molecule has 0 rings (SSSR count). The highest BCUT2D eigenvalue weighted by molar-refractivity contribution is 7.47. The van der Waals surface area contributed by atoms with E-state index >= 15 is 0 Å². The summed E-state index contributed by atoms with van der Waals surface area (Å²) in [5, 5.41) is 9.71. The van der Waals surface area contributed by atoms with E-state index in [1.165, 1.54) is 77.0 Å². The second-order valence-electron chi connectivity index (χ2n) is 15.9. The highest BCUT2D eigenvalue weighted by Crippen LogP contribution is 2.43. The molecule has 0 aliphatic rings. The molecule has 11 nitrogen and oxygen atoms in total. The van der Waals surface area contributed by atoms with Crippen LogP contribution in [0.2, 0.25) is 0 Å². The van der Waals surface area contributed by atoms with Crippen molar-refractivity contribution < 1.29 is 52.2 Å². The minimum absolute atomic E-state index is 0.165. The predicted octanol–water partition coefficient (Wildman–Crippen LogP) is 12.9. The molecule has 0 fully saturated rings. The molecule has 0 aromatic heterocycles. The van der Waals surface area contributed by atoms with E-state index in [0.29, 0.717) is 19.3 Å². The van der Waals surface area contributed by atoms with Crippen LogP contribution in [-0.2, 0) is 42.2 Å². The van der Waals surface area contributed by atoms with Crippen LogP contribution in [0.25, 0.3) is 0 Å². The summed E-state index contributed by atoms with van der Waals surface area (Å²) in [7, 11) is -4.73. The molecule has 3 atom stereocenters. The molecule has 2 N–H and O–H groups in total. The number of allylic oxidation sites excluding steroid dienone is 6. The summed E-state index contributed by atoms with van der Waals surface area (Å²) < 4.78 is 39.1. The van der Waals surface area contributed by atoms with Crippen molar-refractivity contribution in [2.75, 3.05) is 26.4 Å². The molecular weight excluding hydrogens is 783 g/mol. The number of phosphoric ester groups is 1. The summed E-state index contributed by atoms with van der Waals surface area (Å²) in [6.45, 7) is 4.44. The van der Waals surface area contributed by atoms with Gasteiger partial charge in [0.25, 0.3) is 0 Å². The van der Waals surface area contributed by atoms with Gasteiger partial charge in [-0.25, -0.2) is 4.57 Å². The number of carbonyl (C=O) groups excluding carboxylic acids is 3. The Labute approximate surface area is 365 Å². The number of unbranched alkanes of at least 4 members (excludes halogenated alkanes) is 21. The fourth-order valence-corrected chi connectivity index (χ4v) is 7.21. The van der Waals surface area contributed by atoms with E-state index in [1.54, 1.807) is 0 Å². The highest BCUT2D eigenvalue weighted by Gasteiger charge is 2.28. The zero-order valence-electron chi connectivity index (χ0n) is 38.2. The van der Waals surface area contributed by atoms with Crippen LogP contribution in [-0.4, -0.2) is 66.5 Å². The number of hydrogen-bond donors (Lipinski definition) is 2. The van der Waals surface area contributed by atoms with Crippen LogP contribution < -0.4 is 0 Å². The molecule has 0 heterocycles. The maximum atomic E-state index is 12.8. The third kappa shape index (κ3) is 41.1. The van der Waals surface area contributed by atoms with Gasteiger partial charge < -0.3 is 24.2 Å². The molecule has 0 aliphatic heterocycles. The van der Waals surface area contributed by atoms with Crippen molar-refractivity contribution in [2.45, 2.75) is 226 Å². The van der Waals surface area contributed by atoms with E-state index in [1.807, 2.05) is 0 Å². The van der Waals surface area contributed by atoms with Crippen LogP contribution in [0.5, 0.6) is 0 Å². The quantitative estimate of drug-likeness (QED) is 0.0198. The summed E-state index contributed by atoms with van der Waals surface area (Å²) in [5.74, 6) is -1.49. The molecule has 0 aliphatic carbocycles. The third-order valence-electron chi connectivity index (χ3n) is 10.1. The average molecular weight is 871 g/mol. The lowest BCUT2D eigenvalue weighted by Gasteiger charge is -2.21. The largest absolute Gasteiger partial charge is 0.472 e. The van der Waals surface area contributed by atoms with Gasteiger partial charge in [0.05, 0.1) is 19.8 Å². The van der Waals surface area contributed by atoms with Crippen LogP contribution in [0.4, 0.5) is 0 Å². The SMILES string of the molecule is CC/C=C\C/C=C\C/C=C\CCCCCC(=O)OCC(COP(=O)(O)OCC(CO)OC(=O)CCCCCCCCCCC)OC(=O)CCCCCCCCCCCCC. The summed E-state index contributed by atoms with van der Waals surface area (Å²) in [6, 6.07) is 0. The molecular formula is C48H87O11P. The van der Waals surface area contributed by atoms with E-state index in [0.717, 1.165) is 77.0 Å². The molecule has 0 saturated carbocycles. The van der Waals surface area contributed by atoms with Gasteiger partial charge in [0.1, 0.15) is 12.7 Å². The number of rotatable bonds is 44. The van der Waals surface area contributed by atoms with Crippen molar-refractivity contribution in [1.82, 2.24) is 0 Å². The number of aliphatic hydroxyl groups excluding tert-OH is 1. The first-order chi connectivity index (χ1) is 29.2. The number of aliphatic hydroxyl groups is 1. The van der Waals surface area contributed by atoms with Crippen molar-refractivity contribution in [3.8, 4) is 0 Å². The molecule has 12 heteroatoms. The number of hydrogen-bond acceptors (Lipinski definition) is 10. The minimum atomic E-state index is -4.73. The van der Waals surface area contributed by atoms with Gasteiger partial charge >= 0.3 is 25.7 Å². The Morgan fingerprint density at radius 2 is 0.867 bits per heavy atom. The average Bonchev–Trinajstić information content (AvgIpc) is 3.23. The van der Waals surface area contributed by atoms with Crippen LogP contribution >= 0.6 is 7.82 Å². The maximum absolute atomic E-state index is 12.8. The fraction of sp³-hybridized carbons (Fsp3) is 0.812. The summed E-state index contributed by atoms with van der Waals surface area (Å²) in [6.07, 6.45) is 39.9. The number of esters is 3. The molecule has 0 radical (unpaired) electrons. The van der Waals surface area contributed by atoms with E-state index in [2.05, 4.69) is 57.2 Å². The van der Waals surface area contributed by atoms with E-state index in [-0.39, 0.29) is 25.9 Å². The second kappa shape index (κ2) is 43.4. The van der Waals surface area contributed by atoms with Gasteiger partial charge in [0.15, 0.2) is 6.10 Å². The zero-order valence-corrected chi connectivity index (χ0v) is 39.1.